The third-order valence-corrected chi connectivity index (χ3v) is 12.7. The van der Waals surface area contributed by atoms with E-state index in [0.717, 1.165) is 16.5 Å². The van der Waals surface area contributed by atoms with E-state index in [1.165, 1.54) is 16.2 Å². The number of pyridine rings is 1. The molecule has 0 bridgehead atoms. The summed E-state index contributed by atoms with van der Waals surface area (Å²) in [6.07, 6.45) is 4.44. The first kappa shape index (κ1) is 45.3. The molecule has 3 aromatic rings. The Hall–Kier alpha value is -5.78. The number of hydrogen-bond acceptors (Lipinski definition) is 13. The molecular formula is C45H57N7O10S. The number of aromatic nitrogens is 2. The number of likely N-dealkylation sites (tertiary alicyclic amines) is 1. The lowest BCUT2D eigenvalue weighted by atomic mass is 9.88. The number of fused-ring (bicyclic) bond motifs is 3. The van der Waals surface area contributed by atoms with Crippen molar-refractivity contribution in [2.45, 2.75) is 128 Å². The molecule has 18 heteroatoms. The highest BCUT2D eigenvalue weighted by Crippen LogP contribution is 2.46. The number of carbonyl (C=O) groups excluding carboxylic acids is 5. The number of imide groups is 1. The fourth-order valence-electron chi connectivity index (χ4n) is 8.47. The number of nitrogens with zero attached hydrogens (tertiary/aromatic N) is 4. The zero-order valence-corrected chi connectivity index (χ0v) is 37.4. The van der Waals surface area contributed by atoms with Crippen LogP contribution in [0.1, 0.15) is 92.4 Å². The molecule has 4 N–H and O–H groups in total. The molecule has 6 atom stereocenters. The maximum Gasteiger partial charge on any atom is 0.408 e. The van der Waals surface area contributed by atoms with Gasteiger partial charge in [-0.05, 0) is 58.1 Å². The molecule has 1 saturated carbocycles. The van der Waals surface area contributed by atoms with Gasteiger partial charge in [0, 0.05) is 59.7 Å². The summed E-state index contributed by atoms with van der Waals surface area (Å²) in [5.41, 5.74) is -0.716. The smallest absolute Gasteiger partial charge is 0.408 e. The fourth-order valence-corrected chi connectivity index (χ4v) is 9.32. The van der Waals surface area contributed by atoms with Gasteiger partial charge in [0.1, 0.15) is 40.9 Å². The third-order valence-electron chi connectivity index (χ3n) is 11.9. The summed E-state index contributed by atoms with van der Waals surface area (Å²) in [6.45, 7) is 9.34. The van der Waals surface area contributed by atoms with E-state index in [9.17, 15) is 33.9 Å². The minimum atomic E-state index is -1.53. The minimum absolute atomic E-state index is 0.00384. The number of alkyl carbamates (subject to hydrolysis) is 1. The number of thiazole rings is 1. The van der Waals surface area contributed by atoms with Crippen molar-refractivity contribution >= 4 is 63.1 Å². The minimum Gasteiger partial charge on any atom is -0.497 e. The van der Waals surface area contributed by atoms with Crippen LogP contribution in [-0.4, -0.2) is 117 Å². The zero-order valence-electron chi connectivity index (χ0n) is 36.6. The Balaban J connectivity index is 1.20. The van der Waals surface area contributed by atoms with Gasteiger partial charge in [-0.25, -0.2) is 19.6 Å². The SMILES string of the molecule is COc1ccc2c(O[C@@H]3C[C@H]4C(=O)N[C@]5(C(=O)O)CC5/C=C\CCCCC[C@H](NC(=O)OC(C(=O)N5CCCC5=O)C(C)(C)C)C(=O)N4C3)cc(-c3csc(NC(C)C)n3)nc2c1. The highest BCUT2D eigenvalue weighted by atomic mass is 32.1. The van der Waals surface area contributed by atoms with E-state index in [1.807, 2.05) is 37.4 Å². The molecule has 4 aliphatic rings. The van der Waals surface area contributed by atoms with Crippen molar-refractivity contribution < 1.29 is 48.1 Å². The predicted octanol–water partition coefficient (Wildman–Crippen LogP) is 5.67. The van der Waals surface area contributed by atoms with E-state index in [0.29, 0.717) is 59.5 Å². The number of carbonyl (C=O) groups is 6. The summed E-state index contributed by atoms with van der Waals surface area (Å²) in [5, 5.41) is 22.4. The van der Waals surface area contributed by atoms with Crippen molar-refractivity contribution in [1.29, 1.82) is 0 Å². The van der Waals surface area contributed by atoms with Crippen molar-refractivity contribution in [3.05, 3.63) is 41.8 Å². The van der Waals surface area contributed by atoms with Crippen molar-refractivity contribution in [2.75, 3.05) is 25.5 Å². The standard InChI is InChI=1S/C45H57N7O10S/c1-25(2)46-42-48-33(24-63-42)32-21-35(29-17-16-27(60-6)19-31(29)47-32)61-28-20-34-38(54)50-45(41(57)58)22-26(45)13-10-8-7-9-11-14-30(39(55)52(34)23-28)49-43(59)62-37(44(3,4)5)40(56)51-18-12-15-36(51)53/h10,13,16-17,19,21,24-26,28,30,34,37H,7-9,11-12,14-15,18,20,22-23H2,1-6H3,(H,46,48)(H,49,59)(H,50,54)(H,57,58)/b13-10-/t26?,28-,30+,34+,37?,45-/m1/s1. The van der Waals surface area contributed by atoms with Crippen LogP contribution in [0.2, 0.25) is 0 Å². The summed E-state index contributed by atoms with van der Waals surface area (Å²) in [4.78, 5) is 93.9. The van der Waals surface area contributed by atoms with Crippen LogP contribution in [0.25, 0.3) is 22.3 Å². The van der Waals surface area contributed by atoms with Crippen molar-refractivity contribution in [3.8, 4) is 22.9 Å². The number of nitrogens with one attached hydrogen (secondary N) is 3. The Morgan fingerprint density at radius 2 is 1.84 bits per heavy atom. The largest absolute Gasteiger partial charge is 0.497 e. The second-order valence-electron chi connectivity index (χ2n) is 18.2. The number of hydrogen-bond donors (Lipinski definition) is 4. The lowest BCUT2D eigenvalue weighted by molar-refractivity contribution is -0.152. The molecule has 17 nitrogen and oxygen atoms in total. The molecule has 338 valence electrons. The number of benzene rings is 1. The van der Waals surface area contributed by atoms with Crippen molar-refractivity contribution in [2.24, 2.45) is 11.3 Å². The molecule has 63 heavy (non-hydrogen) atoms. The predicted molar refractivity (Wildman–Crippen MR) is 234 cm³/mol. The van der Waals surface area contributed by atoms with Crippen LogP contribution in [0.15, 0.2) is 41.8 Å². The number of anilines is 1. The van der Waals surface area contributed by atoms with Gasteiger partial charge < -0.3 is 40.2 Å². The maximum absolute atomic E-state index is 14.9. The van der Waals surface area contributed by atoms with Crippen LogP contribution >= 0.6 is 11.3 Å². The van der Waals surface area contributed by atoms with Crippen LogP contribution in [0, 0.1) is 11.3 Å². The average molecular weight is 888 g/mol. The highest BCUT2D eigenvalue weighted by molar-refractivity contribution is 7.14. The van der Waals surface area contributed by atoms with Gasteiger partial charge >= 0.3 is 12.1 Å². The summed E-state index contributed by atoms with van der Waals surface area (Å²) < 4.78 is 18.0. The van der Waals surface area contributed by atoms with Gasteiger partial charge in [0.25, 0.3) is 5.91 Å². The maximum atomic E-state index is 14.9. The van der Waals surface area contributed by atoms with E-state index < -0.39 is 70.9 Å². The molecule has 2 aromatic heterocycles. The number of aliphatic carboxylic acids is 1. The molecule has 5 heterocycles. The summed E-state index contributed by atoms with van der Waals surface area (Å²) in [6, 6.07) is 4.95. The van der Waals surface area contributed by atoms with Crippen LogP contribution < -0.4 is 25.4 Å². The Labute approximate surface area is 370 Å². The summed E-state index contributed by atoms with van der Waals surface area (Å²) in [7, 11) is 1.56. The second-order valence-corrected chi connectivity index (χ2v) is 19.0. The third kappa shape index (κ3) is 10.1. The second kappa shape index (κ2) is 18.5. The number of methoxy groups -OCH3 is 1. The number of rotatable bonds is 10. The molecule has 0 radical (unpaired) electrons. The van der Waals surface area contributed by atoms with Crippen molar-refractivity contribution in [1.82, 2.24) is 30.4 Å². The first-order valence-electron chi connectivity index (χ1n) is 21.7. The number of allylic oxidation sites excluding steroid dienone is 1. The van der Waals surface area contributed by atoms with Gasteiger partial charge in [0.05, 0.1) is 24.9 Å². The van der Waals surface area contributed by atoms with Crippen LogP contribution in [-0.2, 0) is 28.7 Å². The van der Waals surface area contributed by atoms with E-state index in [1.54, 1.807) is 46.1 Å². The lowest BCUT2D eigenvalue weighted by Crippen LogP contribution is -2.57. The van der Waals surface area contributed by atoms with E-state index >= 15 is 0 Å². The molecule has 0 spiro atoms. The van der Waals surface area contributed by atoms with Gasteiger partial charge in [-0.3, -0.25) is 24.1 Å². The normalized spacial score (nSPS) is 25.3. The lowest BCUT2D eigenvalue weighted by Gasteiger charge is -2.33. The molecule has 3 fully saturated rings. The number of carboxylic acid groups (broad SMARTS) is 1. The molecule has 1 aliphatic carbocycles. The molecule has 7 rings (SSSR count). The molecule has 2 saturated heterocycles. The van der Waals surface area contributed by atoms with Gasteiger partial charge in [0.2, 0.25) is 17.7 Å². The first-order valence-corrected chi connectivity index (χ1v) is 22.6. The molecular weight excluding hydrogens is 831 g/mol. The van der Waals surface area contributed by atoms with E-state index in [2.05, 4.69) is 16.0 Å². The highest BCUT2D eigenvalue weighted by Gasteiger charge is 2.61. The topological polar surface area (TPSA) is 219 Å². The van der Waals surface area contributed by atoms with Gasteiger partial charge in [0.15, 0.2) is 11.2 Å². The molecule has 3 aliphatic heterocycles. The monoisotopic (exact) mass is 887 g/mol. The van der Waals surface area contributed by atoms with Crippen LogP contribution in [0.4, 0.5) is 9.93 Å². The Bertz CT molecular complexity index is 2290. The Kier molecular flexibility index (Phi) is 13.3. The van der Waals surface area contributed by atoms with Gasteiger partial charge in [-0.1, -0.05) is 45.8 Å². The molecule has 1 aromatic carbocycles. The van der Waals surface area contributed by atoms with Gasteiger partial charge in [-0.2, -0.15) is 0 Å². The first-order chi connectivity index (χ1) is 30.0. The zero-order chi connectivity index (χ0) is 45.2. The van der Waals surface area contributed by atoms with Crippen LogP contribution in [0.3, 0.4) is 0 Å². The van der Waals surface area contributed by atoms with E-state index in [-0.39, 0.29) is 50.7 Å². The molecule has 2 unspecified atom stereocenters. The van der Waals surface area contributed by atoms with E-state index in [4.69, 9.17) is 24.2 Å². The molecule has 5 amide bonds. The van der Waals surface area contributed by atoms with Crippen LogP contribution in [0.5, 0.6) is 11.5 Å². The average Bonchev–Trinajstić information content (AvgIpc) is 3.58. The quantitative estimate of drug-likeness (QED) is 0.181. The number of carboxylic acids is 1. The Morgan fingerprint density at radius 3 is 2.54 bits per heavy atom. The number of ether oxygens (including phenoxy) is 3. The summed E-state index contributed by atoms with van der Waals surface area (Å²) in [5.74, 6) is -2.80. The number of amides is 5. The Morgan fingerprint density at radius 1 is 1.05 bits per heavy atom. The van der Waals surface area contributed by atoms with Crippen molar-refractivity contribution in [3.63, 3.8) is 0 Å². The van der Waals surface area contributed by atoms with Gasteiger partial charge in [-0.15, -0.1) is 11.3 Å². The fraction of sp³-hybridized carbons (Fsp3) is 0.556. The summed E-state index contributed by atoms with van der Waals surface area (Å²) >= 11 is 1.44.